The zero-order valence-electron chi connectivity index (χ0n) is 11.2. The molecule has 8 nitrogen and oxygen atoms in total. The first-order valence-electron chi connectivity index (χ1n) is 6.12. The van der Waals surface area contributed by atoms with Crippen molar-refractivity contribution in [1.82, 2.24) is 9.29 Å². The van der Waals surface area contributed by atoms with Gasteiger partial charge in [-0.1, -0.05) is 0 Å². The first kappa shape index (κ1) is 15.9. The fraction of sp³-hybridized carbons (Fsp3) is 0.545. The van der Waals surface area contributed by atoms with E-state index in [1.165, 1.54) is 16.9 Å². The number of hydrogen-bond acceptors (Lipinski definition) is 7. The number of ether oxygens (including phenoxy) is 1. The number of hydrogen-bond donors (Lipinski definition) is 1. The number of thiazole rings is 1. The summed E-state index contributed by atoms with van der Waals surface area (Å²) in [6, 6.07) is 0. The van der Waals surface area contributed by atoms with Gasteiger partial charge >= 0.3 is 11.9 Å². The molecule has 2 heterocycles. The molecule has 0 unspecified atom stereocenters. The van der Waals surface area contributed by atoms with Crippen molar-refractivity contribution < 1.29 is 27.9 Å². The maximum atomic E-state index is 12.4. The Kier molecular flexibility index (Phi) is 4.59. The number of carbonyl (C=O) groups is 2. The number of nitrogens with zero attached hydrogens (tertiary/aromatic N) is 2. The van der Waals surface area contributed by atoms with Gasteiger partial charge in [-0.05, 0) is 12.8 Å². The normalized spacial score (nSPS) is 17.6. The predicted molar refractivity (Wildman–Crippen MR) is 72.6 cm³/mol. The van der Waals surface area contributed by atoms with Crippen LogP contribution in [0.25, 0.3) is 0 Å². The van der Waals surface area contributed by atoms with Gasteiger partial charge in [0.15, 0.2) is 9.90 Å². The number of aromatic carboxylic acids is 1. The average molecular weight is 334 g/mol. The Labute approximate surface area is 125 Å². The number of carboxylic acid groups (broad SMARTS) is 1. The molecule has 1 saturated heterocycles. The molecule has 2 rings (SSSR count). The van der Waals surface area contributed by atoms with Crippen LogP contribution in [0.1, 0.15) is 23.3 Å². The Balaban J connectivity index is 2.17. The van der Waals surface area contributed by atoms with Gasteiger partial charge in [-0.2, -0.15) is 4.31 Å². The van der Waals surface area contributed by atoms with E-state index in [9.17, 15) is 18.0 Å². The van der Waals surface area contributed by atoms with E-state index in [0.29, 0.717) is 12.8 Å². The Morgan fingerprint density at radius 1 is 1.43 bits per heavy atom. The summed E-state index contributed by atoms with van der Waals surface area (Å²) in [6.07, 6.45) is 0.709. The quantitative estimate of drug-likeness (QED) is 0.793. The van der Waals surface area contributed by atoms with Crippen LogP contribution in [0.4, 0.5) is 0 Å². The Bertz CT molecular complexity index is 645. The number of piperidine rings is 1. The van der Waals surface area contributed by atoms with E-state index in [1.54, 1.807) is 0 Å². The van der Waals surface area contributed by atoms with Crippen molar-refractivity contribution >= 4 is 33.3 Å². The lowest BCUT2D eigenvalue weighted by atomic mass is 9.99. The summed E-state index contributed by atoms with van der Waals surface area (Å²) in [6.45, 7) is 0.304. The van der Waals surface area contributed by atoms with E-state index in [4.69, 9.17) is 5.11 Å². The summed E-state index contributed by atoms with van der Waals surface area (Å²) in [5.41, 5.74) is 0.729. The number of aromatic nitrogens is 1. The van der Waals surface area contributed by atoms with Crippen LogP contribution in [0.15, 0.2) is 9.72 Å². The molecule has 0 aliphatic carbocycles. The molecular weight excluding hydrogens is 320 g/mol. The highest BCUT2D eigenvalue weighted by molar-refractivity contribution is 7.91. The minimum atomic E-state index is -3.89. The molecule has 0 aromatic carbocycles. The number of methoxy groups -OCH3 is 1. The fourth-order valence-corrected chi connectivity index (χ4v) is 4.92. The van der Waals surface area contributed by atoms with Crippen LogP contribution in [0.5, 0.6) is 0 Å². The van der Waals surface area contributed by atoms with Gasteiger partial charge in [0.25, 0.3) is 10.0 Å². The molecule has 21 heavy (non-hydrogen) atoms. The monoisotopic (exact) mass is 334 g/mol. The van der Waals surface area contributed by atoms with Gasteiger partial charge in [0.2, 0.25) is 0 Å². The molecule has 1 aromatic heterocycles. The second-order valence-electron chi connectivity index (χ2n) is 4.50. The highest BCUT2D eigenvalue weighted by Gasteiger charge is 2.35. The molecule has 0 spiro atoms. The van der Waals surface area contributed by atoms with Crippen molar-refractivity contribution in [3.8, 4) is 0 Å². The largest absolute Gasteiger partial charge is 0.476 e. The van der Waals surface area contributed by atoms with E-state index < -0.39 is 21.7 Å². The highest BCUT2D eigenvalue weighted by Crippen LogP contribution is 2.28. The van der Waals surface area contributed by atoms with Gasteiger partial charge in [0.05, 0.1) is 18.5 Å². The summed E-state index contributed by atoms with van der Waals surface area (Å²) in [5.74, 6) is -2.04. The van der Waals surface area contributed by atoms with Crippen molar-refractivity contribution in [2.45, 2.75) is 17.1 Å². The van der Waals surface area contributed by atoms with Crippen molar-refractivity contribution in [3.05, 3.63) is 11.2 Å². The van der Waals surface area contributed by atoms with Crippen LogP contribution in [-0.4, -0.2) is 55.0 Å². The second-order valence-corrected chi connectivity index (χ2v) is 7.48. The van der Waals surface area contributed by atoms with Crippen molar-refractivity contribution in [3.63, 3.8) is 0 Å². The summed E-state index contributed by atoms with van der Waals surface area (Å²) in [4.78, 5) is 26.0. The third kappa shape index (κ3) is 3.06. The third-order valence-corrected chi connectivity index (χ3v) is 6.55. The topological polar surface area (TPSA) is 114 Å². The molecule has 0 radical (unpaired) electrons. The number of rotatable bonds is 4. The molecular formula is C11H14N2O6S2. The molecule has 1 N–H and O–H groups in total. The Hall–Kier alpha value is -1.52. The lowest BCUT2D eigenvalue weighted by Crippen LogP contribution is -2.40. The maximum absolute atomic E-state index is 12.4. The van der Waals surface area contributed by atoms with E-state index in [2.05, 4.69) is 9.72 Å². The van der Waals surface area contributed by atoms with E-state index >= 15 is 0 Å². The Morgan fingerprint density at radius 3 is 2.57 bits per heavy atom. The summed E-state index contributed by atoms with van der Waals surface area (Å²) >= 11 is 0.777. The number of sulfonamides is 1. The molecule has 0 amide bonds. The SMILES string of the molecule is COC(=O)C1CCN(S(=O)(=O)c2scnc2C(=O)O)CC1. The van der Waals surface area contributed by atoms with E-state index in [1.807, 2.05) is 0 Å². The van der Waals surface area contributed by atoms with E-state index in [-0.39, 0.29) is 29.2 Å². The van der Waals surface area contributed by atoms with Crippen LogP contribution in [0.3, 0.4) is 0 Å². The average Bonchev–Trinajstić information content (AvgIpc) is 2.97. The fourth-order valence-electron chi connectivity index (χ4n) is 2.18. The van der Waals surface area contributed by atoms with Gasteiger partial charge in [-0.25, -0.2) is 18.2 Å². The molecule has 1 aliphatic rings. The zero-order chi connectivity index (χ0) is 15.6. The lowest BCUT2D eigenvalue weighted by Gasteiger charge is -2.29. The summed E-state index contributed by atoms with van der Waals surface area (Å²) in [7, 11) is -2.60. The Morgan fingerprint density at radius 2 is 2.05 bits per heavy atom. The van der Waals surface area contributed by atoms with Crippen LogP contribution < -0.4 is 0 Å². The third-order valence-electron chi connectivity index (χ3n) is 3.30. The number of esters is 1. The minimum absolute atomic E-state index is 0.152. The van der Waals surface area contributed by atoms with E-state index in [0.717, 1.165) is 11.3 Å². The molecule has 0 saturated carbocycles. The maximum Gasteiger partial charge on any atom is 0.356 e. The number of carboxylic acids is 1. The molecule has 1 aliphatic heterocycles. The lowest BCUT2D eigenvalue weighted by molar-refractivity contribution is -0.146. The molecule has 10 heteroatoms. The first-order chi connectivity index (χ1) is 9.87. The molecule has 0 atom stereocenters. The smallest absolute Gasteiger partial charge is 0.356 e. The van der Waals surface area contributed by atoms with Crippen molar-refractivity contribution in [2.24, 2.45) is 5.92 Å². The second kappa shape index (κ2) is 6.08. The van der Waals surface area contributed by atoms with Crippen molar-refractivity contribution in [1.29, 1.82) is 0 Å². The first-order valence-corrected chi connectivity index (χ1v) is 8.44. The van der Waals surface area contributed by atoms with Gasteiger partial charge < -0.3 is 9.84 Å². The standard InChI is InChI=1S/C11H14N2O6S2/c1-19-10(16)7-2-4-13(5-3-7)21(17,18)11-8(9(14)15)12-6-20-11/h6-7H,2-5H2,1H3,(H,14,15). The molecule has 1 fully saturated rings. The van der Waals surface area contributed by atoms with Gasteiger partial charge in [0.1, 0.15) is 0 Å². The van der Waals surface area contributed by atoms with Crippen molar-refractivity contribution in [2.75, 3.05) is 20.2 Å². The summed E-state index contributed by atoms with van der Waals surface area (Å²) < 4.78 is 30.4. The van der Waals surface area contributed by atoms with Crippen LogP contribution in [-0.2, 0) is 19.6 Å². The highest BCUT2D eigenvalue weighted by atomic mass is 32.2. The molecule has 116 valence electrons. The zero-order valence-corrected chi connectivity index (χ0v) is 12.8. The van der Waals surface area contributed by atoms with Crippen LogP contribution in [0.2, 0.25) is 0 Å². The van der Waals surface area contributed by atoms with Gasteiger partial charge in [-0.15, -0.1) is 11.3 Å². The summed E-state index contributed by atoms with van der Waals surface area (Å²) in [5, 5.41) is 8.96. The minimum Gasteiger partial charge on any atom is -0.476 e. The predicted octanol–water partition coefficient (Wildman–Crippen LogP) is 0.415. The van der Waals surface area contributed by atoms with Gasteiger partial charge in [0, 0.05) is 13.1 Å². The van der Waals surface area contributed by atoms with Crippen LogP contribution >= 0.6 is 11.3 Å². The number of carbonyl (C=O) groups excluding carboxylic acids is 1. The molecule has 1 aromatic rings. The van der Waals surface area contributed by atoms with Crippen LogP contribution in [0, 0.1) is 5.92 Å². The van der Waals surface area contributed by atoms with Gasteiger partial charge in [-0.3, -0.25) is 4.79 Å². The molecule has 0 bridgehead atoms.